The molecule has 84 valence electrons. The first-order valence-electron chi connectivity index (χ1n) is 5.21. The van der Waals surface area contributed by atoms with Gasteiger partial charge >= 0.3 is 0 Å². The predicted molar refractivity (Wildman–Crippen MR) is 64.4 cm³/mol. The lowest BCUT2D eigenvalue weighted by atomic mass is 10.1. The van der Waals surface area contributed by atoms with Crippen molar-refractivity contribution in [2.75, 3.05) is 18.5 Å². The minimum Gasteiger partial charge on any atom is -0.367 e. The fraction of sp³-hybridized carbons (Fsp3) is 0.385. The Morgan fingerprint density at radius 2 is 2.06 bits per heavy atom. The molecule has 0 bridgehead atoms. The predicted octanol–water partition coefficient (Wildman–Crippen LogP) is 2.22. The van der Waals surface area contributed by atoms with Crippen molar-refractivity contribution in [1.29, 1.82) is 5.26 Å². The first-order chi connectivity index (χ1) is 7.54. The maximum atomic E-state index is 11.3. The van der Waals surface area contributed by atoms with Gasteiger partial charge in [-0.15, -0.1) is 0 Å². The Morgan fingerprint density at radius 3 is 2.62 bits per heavy atom. The van der Waals surface area contributed by atoms with Gasteiger partial charge in [0.2, 0.25) is 0 Å². The van der Waals surface area contributed by atoms with Crippen LogP contribution < -0.4 is 4.90 Å². The van der Waals surface area contributed by atoms with E-state index in [0.29, 0.717) is 0 Å². The zero-order valence-electron chi connectivity index (χ0n) is 9.95. The number of ketones is 1. The molecule has 1 rings (SSSR count). The van der Waals surface area contributed by atoms with Gasteiger partial charge in [0.15, 0.2) is 5.78 Å². The first-order valence-corrected chi connectivity index (χ1v) is 5.21. The molecule has 0 fully saturated rings. The number of aryl methyl sites for hydroxylation is 2. The lowest BCUT2D eigenvalue weighted by molar-refractivity contribution is -0.116. The number of likely N-dealkylation sites (N-methyl/N-ethyl adjacent to an activating group) is 1. The summed E-state index contributed by atoms with van der Waals surface area (Å²) in [4.78, 5) is 13.2. The highest BCUT2D eigenvalue weighted by molar-refractivity contribution is 5.85. The van der Waals surface area contributed by atoms with Crippen molar-refractivity contribution >= 4 is 11.5 Å². The van der Waals surface area contributed by atoms with Gasteiger partial charge in [-0.3, -0.25) is 4.79 Å². The van der Waals surface area contributed by atoms with Crippen LogP contribution in [0, 0.1) is 25.2 Å². The maximum absolute atomic E-state index is 11.3. The summed E-state index contributed by atoms with van der Waals surface area (Å²) in [6.07, 6.45) is -0.0187. The number of anilines is 1. The zero-order valence-corrected chi connectivity index (χ0v) is 9.95. The normalized spacial score (nSPS) is 9.62. The largest absolute Gasteiger partial charge is 0.367 e. The number of carbonyl (C=O) groups excluding carboxylic acids is 1. The molecule has 3 heteroatoms. The zero-order chi connectivity index (χ0) is 12.1. The number of hydrogen-bond acceptors (Lipinski definition) is 3. The molecule has 0 aliphatic heterocycles. The van der Waals surface area contributed by atoms with Gasteiger partial charge < -0.3 is 4.90 Å². The molecule has 3 nitrogen and oxygen atoms in total. The second-order valence-electron chi connectivity index (χ2n) is 4.00. The average molecular weight is 216 g/mol. The van der Waals surface area contributed by atoms with Crippen molar-refractivity contribution < 1.29 is 4.79 Å². The summed E-state index contributed by atoms with van der Waals surface area (Å²) in [6.45, 7) is 4.39. The third kappa shape index (κ3) is 3.09. The van der Waals surface area contributed by atoms with Gasteiger partial charge in [-0.2, -0.15) is 5.26 Å². The van der Waals surface area contributed by atoms with Gasteiger partial charge in [0.25, 0.3) is 0 Å². The van der Waals surface area contributed by atoms with Crippen LogP contribution in [-0.4, -0.2) is 19.4 Å². The molecule has 0 atom stereocenters. The van der Waals surface area contributed by atoms with Crippen LogP contribution in [0.2, 0.25) is 0 Å². The standard InChI is InChI=1S/C13H16N2O/c1-10-4-5-12(8-11(10)2)15(3)9-13(16)6-7-14/h4-5,8H,6,9H2,1-3H3. The molecule has 0 saturated heterocycles. The van der Waals surface area contributed by atoms with Crippen LogP contribution in [0.25, 0.3) is 0 Å². The van der Waals surface area contributed by atoms with E-state index in [1.54, 1.807) is 0 Å². The van der Waals surface area contributed by atoms with Crippen LogP contribution in [-0.2, 0) is 4.79 Å². The smallest absolute Gasteiger partial charge is 0.166 e. The fourth-order valence-electron chi connectivity index (χ4n) is 1.46. The number of carbonyl (C=O) groups is 1. The molecule has 16 heavy (non-hydrogen) atoms. The molecule has 0 heterocycles. The Morgan fingerprint density at radius 1 is 1.38 bits per heavy atom. The summed E-state index contributed by atoms with van der Waals surface area (Å²) >= 11 is 0. The van der Waals surface area contributed by atoms with Crippen molar-refractivity contribution in [1.82, 2.24) is 0 Å². The summed E-state index contributed by atoms with van der Waals surface area (Å²) in [5.74, 6) is -0.0526. The molecule has 0 aliphatic carbocycles. The lowest BCUT2D eigenvalue weighted by Crippen LogP contribution is -2.25. The Hall–Kier alpha value is -1.82. The number of nitrogens with zero attached hydrogens (tertiary/aromatic N) is 2. The second-order valence-corrected chi connectivity index (χ2v) is 4.00. The van der Waals surface area contributed by atoms with Crippen molar-refractivity contribution in [2.45, 2.75) is 20.3 Å². The Balaban J connectivity index is 2.74. The van der Waals surface area contributed by atoms with E-state index in [0.717, 1.165) is 5.69 Å². The third-order valence-corrected chi connectivity index (χ3v) is 2.62. The fourth-order valence-corrected chi connectivity index (χ4v) is 1.46. The van der Waals surface area contributed by atoms with Crippen LogP contribution in [0.5, 0.6) is 0 Å². The van der Waals surface area contributed by atoms with E-state index in [4.69, 9.17) is 5.26 Å². The van der Waals surface area contributed by atoms with Gasteiger partial charge in [0.05, 0.1) is 19.0 Å². The highest BCUT2D eigenvalue weighted by Gasteiger charge is 2.07. The number of nitriles is 1. The summed E-state index contributed by atoms with van der Waals surface area (Å²) in [6, 6.07) is 7.94. The third-order valence-electron chi connectivity index (χ3n) is 2.62. The minimum atomic E-state index is -0.0526. The van der Waals surface area contributed by atoms with Crippen molar-refractivity contribution in [3.63, 3.8) is 0 Å². The Kier molecular flexibility index (Phi) is 4.07. The van der Waals surface area contributed by atoms with Gasteiger partial charge in [0, 0.05) is 12.7 Å². The van der Waals surface area contributed by atoms with Crippen LogP contribution in [0.3, 0.4) is 0 Å². The molecule has 0 amide bonds. The molecule has 0 spiro atoms. The van der Waals surface area contributed by atoms with E-state index >= 15 is 0 Å². The van der Waals surface area contributed by atoms with Gasteiger partial charge in [-0.05, 0) is 37.1 Å². The van der Waals surface area contributed by atoms with Gasteiger partial charge in [0.1, 0.15) is 0 Å². The molecular weight excluding hydrogens is 200 g/mol. The van der Waals surface area contributed by atoms with E-state index in [1.165, 1.54) is 11.1 Å². The second kappa shape index (κ2) is 5.32. The lowest BCUT2D eigenvalue weighted by Gasteiger charge is -2.18. The summed E-state index contributed by atoms with van der Waals surface area (Å²) in [5.41, 5.74) is 3.45. The summed E-state index contributed by atoms with van der Waals surface area (Å²) < 4.78 is 0. The minimum absolute atomic E-state index is 0.0187. The molecule has 0 aromatic heterocycles. The molecule has 0 aliphatic rings. The molecule has 0 unspecified atom stereocenters. The quantitative estimate of drug-likeness (QED) is 0.775. The van der Waals surface area contributed by atoms with Gasteiger partial charge in [-0.1, -0.05) is 6.07 Å². The highest BCUT2D eigenvalue weighted by Crippen LogP contribution is 2.17. The average Bonchev–Trinajstić information content (AvgIpc) is 2.22. The van der Waals surface area contributed by atoms with E-state index in [1.807, 2.05) is 37.1 Å². The van der Waals surface area contributed by atoms with Crippen LogP contribution in [0.1, 0.15) is 17.5 Å². The van der Waals surface area contributed by atoms with Crippen molar-refractivity contribution in [3.8, 4) is 6.07 Å². The highest BCUT2D eigenvalue weighted by atomic mass is 16.1. The number of hydrogen-bond donors (Lipinski definition) is 0. The maximum Gasteiger partial charge on any atom is 0.166 e. The number of benzene rings is 1. The van der Waals surface area contributed by atoms with Crippen LogP contribution >= 0.6 is 0 Å². The number of rotatable bonds is 4. The van der Waals surface area contributed by atoms with Crippen molar-refractivity contribution in [2.24, 2.45) is 0 Å². The van der Waals surface area contributed by atoms with Gasteiger partial charge in [-0.25, -0.2) is 0 Å². The Bertz CT molecular complexity index is 432. The van der Waals surface area contributed by atoms with E-state index in [9.17, 15) is 4.79 Å². The van der Waals surface area contributed by atoms with E-state index in [2.05, 4.69) is 13.0 Å². The molecule has 0 radical (unpaired) electrons. The summed E-state index contributed by atoms with van der Waals surface area (Å²) in [7, 11) is 1.86. The molecule has 1 aromatic rings. The van der Waals surface area contributed by atoms with Crippen LogP contribution in [0.4, 0.5) is 5.69 Å². The monoisotopic (exact) mass is 216 g/mol. The van der Waals surface area contributed by atoms with E-state index in [-0.39, 0.29) is 18.7 Å². The van der Waals surface area contributed by atoms with Crippen molar-refractivity contribution in [3.05, 3.63) is 29.3 Å². The molecule has 0 saturated carbocycles. The first kappa shape index (κ1) is 12.3. The molecule has 1 aromatic carbocycles. The Labute approximate surface area is 96.3 Å². The number of Topliss-reactive ketones (excluding diaryl/α,β-unsaturated/α-hetero) is 1. The molecular formula is C13H16N2O. The van der Waals surface area contributed by atoms with E-state index < -0.39 is 0 Å². The SMILES string of the molecule is Cc1ccc(N(C)CC(=O)CC#N)cc1C. The summed E-state index contributed by atoms with van der Waals surface area (Å²) in [5, 5.41) is 8.41. The van der Waals surface area contributed by atoms with Crippen LogP contribution in [0.15, 0.2) is 18.2 Å². The topological polar surface area (TPSA) is 44.1 Å². The molecule has 0 N–H and O–H groups in total.